The summed E-state index contributed by atoms with van der Waals surface area (Å²) < 4.78 is 13.5. The van der Waals surface area contributed by atoms with Crippen molar-refractivity contribution < 1.29 is 4.39 Å². The SMILES string of the molecule is N#Cc1cccc2c1CCc1ncc(-c3cccc(F)c3)cc1C2. The number of fused-ring (bicyclic) bond motifs is 2. The number of hydrogen-bond acceptors (Lipinski definition) is 2. The Morgan fingerprint density at radius 1 is 0.958 bits per heavy atom. The van der Waals surface area contributed by atoms with Gasteiger partial charge in [0, 0.05) is 17.5 Å². The van der Waals surface area contributed by atoms with Crippen LogP contribution in [-0.4, -0.2) is 4.98 Å². The third-order valence-electron chi connectivity index (χ3n) is 4.60. The molecule has 0 radical (unpaired) electrons. The predicted molar refractivity (Wildman–Crippen MR) is 91.0 cm³/mol. The van der Waals surface area contributed by atoms with Crippen LogP contribution in [0.25, 0.3) is 11.1 Å². The molecule has 0 saturated carbocycles. The average Bonchev–Trinajstić information content (AvgIpc) is 2.80. The Balaban J connectivity index is 1.78. The van der Waals surface area contributed by atoms with Crippen LogP contribution in [0.3, 0.4) is 0 Å². The number of aryl methyl sites for hydroxylation is 1. The number of nitriles is 1. The first kappa shape index (κ1) is 14.6. The van der Waals surface area contributed by atoms with Gasteiger partial charge in [-0.15, -0.1) is 0 Å². The maximum atomic E-state index is 13.5. The van der Waals surface area contributed by atoms with Crippen molar-refractivity contribution in [1.29, 1.82) is 5.26 Å². The van der Waals surface area contributed by atoms with Crippen LogP contribution in [-0.2, 0) is 19.3 Å². The van der Waals surface area contributed by atoms with Crippen molar-refractivity contribution >= 4 is 0 Å². The number of aromatic nitrogens is 1. The topological polar surface area (TPSA) is 36.7 Å². The van der Waals surface area contributed by atoms with E-state index in [1.807, 2.05) is 24.4 Å². The summed E-state index contributed by atoms with van der Waals surface area (Å²) in [7, 11) is 0. The number of nitrogens with zero attached hydrogens (tertiary/aromatic N) is 2. The largest absolute Gasteiger partial charge is 0.260 e. The summed E-state index contributed by atoms with van der Waals surface area (Å²) in [5.74, 6) is -0.244. The quantitative estimate of drug-likeness (QED) is 0.665. The maximum absolute atomic E-state index is 13.5. The van der Waals surface area contributed by atoms with Crippen molar-refractivity contribution in [3.8, 4) is 17.2 Å². The normalized spacial score (nSPS) is 12.7. The molecule has 0 amide bonds. The van der Waals surface area contributed by atoms with Crippen LogP contribution in [0.1, 0.15) is 27.9 Å². The highest BCUT2D eigenvalue weighted by molar-refractivity contribution is 5.64. The molecule has 4 rings (SSSR count). The summed E-state index contributed by atoms with van der Waals surface area (Å²) in [4.78, 5) is 4.62. The molecule has 3 heteroatoms. The van der Waals surface area contributed by atoms with Crippen LogP contribution in [0.5, 0.6) is 0 Å². The third kappa shape index (κ3) is 2.57. The van der Waals surface area contributed by atoms with Gasteiger partial charge in [0.05, 0.1) is 11.6 Å². The molecule has 1 aliphatic rings. The van der Waals surface area contributed by atoms with Gasteiger partial charge in [0.2, 0.25) is 0 Å². The number of benzene rings is 2. The molecule has 0 unspecified atom stereocenters. The van der Waals surface area contributed by atoms with Crippen LogP contribution >= 0.6 is 0 Å². The number of halogens is 1. The van der Waals surface area contributed by atoms with Gasteiger partial charge in [-0.2, -0.15) is 5.26 Å². The fourth-order valence-electron chi connectivity index (χ4n) is 3.39. The van der Waals surface area contributed by atoms with Gasteiger partial charge in [-0.25, -0.2) is 4.39 Å². The predicted octanol–water partition coefficient (Wildman–Crippen LogP) is 4.45. The zero-order valence-corrected chi connectivity index (χ0v) is 13.1. The third-order valence-corrected chi connectivity index (χ3v) is 4.60. The average molecular weight is 314 g/mol. The van der Waals surface area contributed by atoms with E-state index in [1.54, 1.807) is 6.07 Å². The van der Waals surface area contributed by atoms with Gasteiger partial charge < -0.3 is 0 Å². The number of hydrogen-bond donors (Lipinski definition) is 0. The molecule has 0 bridgehead atoms. The van der Waals surface area contributed by atoms with E-state index >= 15 is 0 Å². The second kappa shape index (κ2) is 5.90. The molecule has 1 heterocycles. The molecule has 0 fully saturated rings. The van der Waals surface area contributed by atoms with Crippen molar-refractivity contribution in [3.05, 3.63) is 88.5 Å². The Morgan fingerprint density at radius 2 is 1.83 bits per heavy atom. The summed E-state index contributed by atoms with van der Waals surface area (Å²) in [6, 6.07) is 16.9. The van der Waals surface area contributed by atoms with Gasteiger partial charge in [0.15, 0.2) is 0 Å². The summed E-state index contributed by atoms with van der Waals surface area (Å²) in [5.41, 5.74) is 7.05. The first-order chi connectivity index (χ1) is 11.7. The molecule has 3 aromatic rings. The summed E-state index contributed by atoms with van der Waals surface area (Å²) in [5, 5.41) is 9.32. The highest BCUT2D eigenvalue weighted by Gasteiger charge is 2.17. The summed E-state index contributed by atoms with van der Waals surface area (Å²) >= 11 is 0. The molecule has 0 N–H and O–H groups in total. The fraction of sp³-hybridized carbons (Fsp3) is 0.143. The Hall–Kier alpha value is -2.99. The Labute approximate surface area is 140 Å². The smallest absolute Gasteiger partial charge is 0.123 e. The van der Waals surface area contributed by atoms with Gasteiger partial charge in [0.1, 0.15) is 5.82 Å². The zero-order valence-electron chi connectivity index (χ0n) is 13.1. The lowest BCUT2D eigenvalue weighted by atomic mass is 9.96. The van der Waals surface area contributed by atoms with E-state index in [0.717, 1.165) is 52.8 Å². The highest BCUT2D eigenvalue weighted by atomic mass is 19.1. The van der Waals surface area contributed by atoms with Crippen molar-refractivity contribution in [3.63, 3.8) is 0 Å². The van der Waals surface area contributed by atoms with E-state index in [4.69, 9.17) is 0 Å². The van der Waals surface area contributed by atoms with Crippen LogP contribution in [0.15, 0.2) is 54.7 Å². The standard InChI is InChI=1S/C21H15FN2/c22-19-6-2-3-14(11-19)18-10-17-9-15-4-1-5-16(12-23)20(15)7-8-21(17)24-13-18/h1-6,10-11,13H,7-9H2. The Morgan fingerprint density at radius 3 is 2.67 bits per heavy atom. The van der Waals surface area contributed by atoms with E-state index in [-0.39, 0.29) is 5.82 Å². The lowest BCUT2D eigenvalue weighted by Crippen LogP contribution is -1.97. The van der Waals surface area contributed by atoms with E-state index in [9.17, 15) is 9.65 Å². The molecule has 1 aliphatic carbocycles. The molecule has 1 aromatic heterocycles. The molecule has 0 spiro atoms. The lowest BCUT2D eigenvalue weighted by molar-refractivity contribution is 0.628. The highest BCUT2D eigenvalue weighted by Crippen LogP contribution is 2.29. The summed E-state index contributed by atoms with van der Waals surface area (Å²) in [6.45, 7) is 0. The maximum Gasteiger partial charge on any atom is 0.123 e. The van der Waals surface area contributed by atoms with E-state index < -0.39 is 0 Å². The van der Waals surface area contributed by atoms with Crippen molar-refractivity contribution in [2.45, 2.75) is 19.3 Å². The Kier molecular flexibility index (Phi) is 3.59. The van der Waals surface area contributed by atoms with Gasteiger partial charge in [-0.3, -0.25) is 4.98 Å². The van der Waals surface area contributed by atoms with Gasteiger partial charge >= 0.3 is 0 Å². The molecule has 0 atom stereocenters. The zero-order chi connectivity index (χ0) is 16.5. The fourth-order valence-corrected chi connectivity index (χ4v) is 3.39. The van der Waals surface area contributed by atoms with Gasteiger partial charge in [-0.1, -0.05) is 24.3 Å². The number of pyridine rings is 1. The van der Waals surface area contributed by atoms with Crippen LogP contribution in [0, 0.1) is 17.1 Å². The molecule has 0 aliphatic heterocycles. The molecule has 116 valence electrons. The minimum atomic E-state index is -0.244. The molecular weight excluding hydrogens is 299 g/mol. The van der Waals surface area contributed by atoms with E-state index in [2.05, 4.69) is 23.2 Å². The summed E-state index contributed by atoms with van der Waals surface area (Å²) in [6.07, 6.45) is 4.23. The van der Waals surface area contributed by atoms with Crippen molar-refractivity contribution in [2.75, 3.05) is 0 Å². The first-order valence-electron chi connectivity index (χ1n) is 7.99. The van der Waals surface area contributed by atoms with Gasteiger partial charge in [0.25, 0.3) is 0 Å². The second-order valence-corrected chi connectivity index (χ2v) is 6.07. The minimum absolute atomic E-state index is 0.244. The monoisotopic (exact) mass is 314 g/mol. The molecule has 2 aromatic carbocycles. The van der Waals surface area contributed by atoms with Gasteiger partial charge in [-0.05, 0) is 65.8 Å². The molecular formula is C21H15FN2. The Bertz CT molecular complexity index is 970. The van der Waals surface area contributed by atoms with E-state index in [1.165, 1.54) is 17.7 Å². The van der Waals surface area contributed by atoms with Crippen molar-refractivity contribution in [2.24, 2.45) is 0 Å². The minimum Gasteiger partial charge on any atom is -0.260 e. The first-order valence-corrected chi connectivity index (χ1v) is 7.99. The number of rotatable bonds is 1. The molecule has 24 heavy (non-hydrogen) atoms. The lowest BCUT2D eigenvalue weighted by Gasteiger charge is -2.09. The molecule has 2 nitrogen and oxygen atoms in total. The van der Waals surface area contributed by atoms with Crippen LogP contribution in [0.4, 0.5) is 4.39 Å². The van der Waals surface area contributed by atoms with E-state index in [0.29, 0.717) is 0 Å². The van der Waals surface area contributed by atoms with Crippen LogP contribution in [0.2, 0.25) is 0 Å². The second-order valence-electron chi connectivity index (χ2n) is 6.07. The van der Waals surface area contributed by atoms with Crippen LogP contribution < -0.4 is 0 Å². The molecule has 0 saturated heterocycles. The van der Waals surface area contributed by atoms with Crippen molar-refractivity contribution in [1.82, 2.24) is 4.98 Å².